The summed E-state index contributed by atoms with van der Waals surface area (Å²) in [4.78, 5) is 7.28. The third-order valence-corrected chi connectivity index (χ3v) is 10.8. The lowest BCUT2D eigenvalue weighted by Gasteiger charge is -2.28. The molecule has 0 N–H and O–H groups in total. The van der Waals surface area contributed by atoms with Crippen molar-refractivity contribution < 1.29 is 4.42 Å². The summed E-state index contributed by atoms with van der Waals surface area (Å²) in [7, 11) is 0. The second-order valence-corrected chi connectivity index (χ2v) is 13.9. The maximum Gasteiger partial charge on any atom is 0.227 e. The van der Waals surface area contributed by atoms with Crippen molar-refractivity contribution in [3.8, 4) is 33.7 Å². The lowest BCUT2D eigenvalue weighted by Crippen LogP contribution is -2.11. The van der Waals surface area contributed by atoms with E-state index >= 15 is 0 Å². The Morgan fingerprint density at radius 1 is 0.451 bits per heavy atom. The highest BCUT2D eigenvalue weighted by atomic mass is 32.1. The van der Waals surface area contributed by atoms with Gasteiger partial charge in [0.05, 0.1) is 5.69 Å². The molecule has 0 aliphatic rings. The molecule has 0 aliphatic heterocycles. The first-order valence-corrected chi connectivity index (χ1v) is 17.9. The Labute approximate surface area is 299 Å². The lowest BCUT2D eigenvalue weighted by atomic mass is 9.99. The number of thiophene rings is 1. The van der Waals surface area contributed by atoms with Crippen LogP contribution in [0.15, 0.2) is 186 Å². The molecular weight excluding hydrogens is 641 g/mol. The average molecular weight is 671 g/mol. The summed E-state index contributed by atoms with van der Waals surface area (Å²) in [5.74, 6) is 0.641. The maximum absolute atomic E-state index is 6.15. The smallest absolute Gasteiger partial charge is 0.227 e. The van der Waals surface area contributed by atoms with Crippen LogP contribution in [0.5, 0.6) is 0 Å². The molecule has 2 heterocycles. The lowest BCUT2D eigenvalue weighted by molar-refractivity contribution is 0.620. The number of hydrogen-bond acceptors (Lipinski definition) is 4. The molecule has 0 aliphatic carbocycles. The van der Waals surface area contributed by atoms with E-state index in [0.717, 1.165) is 55.6 Å². The van der Waals surface area contributed by atoms with Gasteiger partial charge in [0.25, 0.3) is 0 Å². The molecule has 2 aromatic heterocycles. The Kier molecular flexibility index (Phi) is 7.00. The first-order chi connectivity index (χ1) is 25.3. The molecule has 0 radical (unpaired) electrons. The van der Waals surface area contributed by atoms with Crippen molar-refractivity contribution in [1.29, 1.82) is 0 Å². The number of benzene rings is 8. The minimum atomic E-state index is 0.641. The first-order valence-electron chi connectivity index (χ1n) is 17.1. The van der Waals surface area contributed by atoms with Crippen LogP contribution < -0.4 is 4.90 Å². The Bertz CT molecular complexity index is 2850. The number of aromatic nitrogens is 1. The molecule has 10 aromatic rings. The second-order valence-electron chi connectivity index (χ2n) is 12.8. The molecule has 0 spiro atoms. The Morgan fingerprint density at radius 3 is 1.96 bits per heavy atom. The van der Waals surface area contributed by atoms with Crippen LogP contribution in [-0.4, -0.2) is 4.98 Å². The molecule has 3 nitrogen and oxygen atoms in total. The van der Waals surface area contributed by atoms with E-state index in [9.17, 15) is 0 Å². The highest BCUT2D eigenvalue weighted by molar-refractivity contribution is 7.25. The van der Waals surface area contributed by atoms with Crippen molar-refractivity contribution in [3.63, 3.8) is 0 Å². The van der Waals surface area contributed by atoms with Gasteiger partial charge in [-0.2, -0.15) is 0 Å². The topological polar surface area (TPSA) is 29.3 Å². The van der Waals surface area contributed by atoms with Crippen molar-refractivity contribution in [2.24, 2.45) is 0 Å². The monoisotopic (exact) mass is 670 g/mol. The maximum atomic E-state index is 6.15. The minimum Gasteiger partial charge on any atom is -0.436 e. The van der Waals surface area contributed by atoms with Gasteiger partial charge in [-0.05, 0) is 82.7 Å². The first kappa shape index (κ1) is 29.4. The molecule has 0 atom stereocenters. The largest absolute Gasteiger partial charge is 0.436 e. The predicted octanol–water partition coefficient (Wildman–Crippen LogP) is 13.8. The average Bonchev–Trinajstić information content (AvgIpc) is 3.81. The molecule has 0 bridgehead atoms. The van der Waals surface area contributed by atoms with Crippen LogP contribution in [-0.2, 0) is 0 Å². The molecule has 8 aromatic carbocycles. The molecule has 0 fully saturated rings. The van der Waals surface area contributed by atoms with Gasteiger partial charge in [-0.25, -0.2) is 4.98 Å². The van der Waals surface area contributed by atoms with Crippen molar-refractivity contribution in [3.05, 3.63) is 182 Å². The third-order valence-electron chi connectivity index (χ3n) is 9.70. The molecule has 0 saturated heterocycles. The van der Waals surface area contributed by atoms with Crippen LogP contribution in [0.1, 0.15) is 0 Å². The van der Waals surface area contributed by atoms with Gasteiger partial charge < -0.3 is 9.32 Å². The number of oxazole rings is 1. The van der Waals surface area contributed by atoms with E-state index < -0.39 is 0 Å². The van der Waals surface area contributed by atoms with Gasteiger partial charge in [-0.1, -0.05) is 121 Å². The summed E-state index contributed by atoms with van der Waals surface area (Å²) < 4.78 is 8.73. The number of fused-ring (bicyclic) bond motifs is 6. The van der Waals surface area contributed by atoms with E-state index in [0.29, 0.717) is 5.89 Å². The van der Waals surface area contributed by atoms with E-state index in [1.807, 2.05) is 47.7 Å². The molecule has 0 amide bonds. The van der Waals surface area contributed by atoms with Crippen molar-refractivity contribution >= 4 is 70.4 Å². The molecule has 0 unspecified atom stereocenters. The van der Waals surface area contributed by atoms with Gasteiger partial charge in [0.15, 0.2) is 5.58 Å². The highest BCUT2D eigenvalue weighted by Crippen LogP contribution is 2.44. The highest BCUT2D eigenvalue weighted by Gasteiger charge is 2.19. The van der Waals surface area contributed by atoms with Crippen LogP contribution in [0, 0.1) is 0 Å². The summed E-state index contributed by atoms with van der Waals surface area (Å²) in [6, 6.07) is 64.7. The summed E-state index contributed by atoms with van der Waals surface area (Å²) in [5, 5.41) is 4.81. The van der Waals surface area contributed by atoms with E-state index in [1.54, 1.807) is 0 Å². The number of anilines is 3. The fourth-order valence-corrected chi connectivity index (χ4v) is 8.36. The van der Waals surface area contributed by atoms with Crippen molar-refractivity contribution in [2.45, 2.75) is 0 Å². The van der Waals surface area contributed by atoms with Gasteiger partial charge in [-0.3, -0.25) is 0 Å². The van der Waals surface area contributed by atoms with Crippen LogP contribution >= 0.6 is 11.3 Å². The Hall–Kier alpha value is -6.49. The van der Waals surface area contributed by atoms with Gasteiger partial charge in [0.2, 0.25) is 5.89 Å². The Morgan fingerprint density at radius 2 is 1.12 bits per heavy atom. The normalized spacial score (nSPS) is 11.5. The molecule has 4 heteroatoms. The summed E-state index contributed by atoms with van der Waals surface area (Å²) in [5.41, 5.74) is 10.7. The Balaban J connectivity index is 1.07. The summed E-state index contributed by atoms with van der Waals surface area (Å²) in [6.45, 7) is 0. The zero-order valence-corrected chi connectivity index (χ0v) is 28.3. The van der Waals surface area contributed by atoms with Gasteiger partial charge >= 0.3 is 0 Å². The zero-order valence-electron chi connectivity index (χ0n) is 27.5. The molecule has 240 valence electrons. The van der Waals surface area contributed by atoms with Crippen molar-refractivity contribution in [1.82, 2.24) is 4.98 Å². The standard InChI is InChI=1S/C47H30N2OS/c1-3-11-32(12-4-1)38-15-7-9-17-42(38)49(37-25-27-41-40-16-8-10-18-44(40)51-45(41)30-37)36-23-19-31(20-24-36)34-21-26-39-35(29-34)22-28-43-46(39)48-47(50-43)33-13-5-2-6-14-33/h1-30H. The van der Waals surface area contributed by atoms with Crippen molar-refractivity contribution in [2.75, 3.05) is 4.90 Å². The SMILES string of the molecule is c1ccc(-c2nc3c(ccc4cc(-c5ccc(N(c6ccc7c(c6)sc6ccccc67)c6ccccc6-c6ccccc6)cc5)ccc43)o2)cc1. The number of para-hydroxylation sites is 1. The van der Waals surface area contributed by atoms with Crippen LogP contribution in [0.3, 0.4) is 0 Å². The van der Waals surface area contributed by atoms with Crippen LogP contribution in [0.4, 0.5) is 17.1 Å². The molecule has 0 saturated carbocycles. The molecule has 51 heavy (non-hydrogen) atoms. The fourth-order valence-electron chi connectivity index (χ4n) is 7.22. The number of rotatable bonds is 6. The fraction of sp³-hybridized carbons (Fsp3) is 0. The quantitative estimate of drug-likeness (QED) is 0.176. The van der Waals surface area contributed by atoms with E-state index in [1.165, 1.54) is 31.3 Å². The van der Waals surface area contributed by atoms with E-state index in [2.05, 4.69) is 150 Å². The van der Waals surface area contributed by atoms with E-state index in [4.69, 9.17) is 9.40 Å². The summed E-state index contributed by atoms with van der Waals surface area (Å²) in [6.07, 6.45) is 0. The third kappa shape index (κ3) is 5.16. The zero-order chi connectivity index (χ0) is 33.7. The van der Waals surface area contributed by atoms with E-state index in [-0.39, 0.29) is 0 Å². The number of nitrogens with zero attached hydrogens (tertiary/aromatic N) is 2. The summed E-state index contributed by atoms with van der Waals surface area (Å²) >= 11 is 1.85. The van der Waals surface area contributed by atoms with Gasteiger partial charge in [0.1, 0.15) is 5.52 Å². The molecular formula is C47H30N2OS. The number of hydrogen-bond donors (Lipinski definition) is 0. The van der Waals surface area contributed by atoms with Crippen LogP contribution in [0.2, 0.25) is 0 Å². The van der Waals surface area contributed by atoms with Gasteiger partial charge in [0, 0.05) is 48.1 Å². The van der Waals surface area contributed by atoms with Crippen LogP contribution in [0.25, 0.3) is 75.8 Å². The predicted molar refractivity (Wildman–Crippen MR) is 215 cm³/mol. The second kappa shape index (κ2) is 12.1. The minimum absolute atomic E-state index is 0.641. The van der Waals surface area contributed by atoms with Gasteiger partial charge in [-0.15, -0.1) is 11.3 Å². The molecule has 10 rings (SSSR count).